The van der Waals surface area contributed by atoms with E-state index in [2.05, 4.69) is 20.3 Å². The van der Waals surface area contributed by atoms with Crippen molar-refractivity contribution in [3.8, 4) is 11.8 Å². The number of hydrogen-bond donors (Lipinski definition) is 4. The standard InChI is InChI=1S/C37H48ClN5O9S/c1-5-15-51-29-18-26-25(11-8-12-27(26)38)32(39-29)52-24-17-28-31(44)41-37(34(46)42-53(49,50)36(4)13-14-36)19-23(37)10-7-6-9-21(2)16-22(3)30(40-35(47)48)33(45)43(28)20-24/h7-8,10-12,18,21-24,28,30,40H,5-6,9,13-17,19-20H2,1-4H3,(H,41,44)(H,42,46)(H,47,48)/b10-7-/t21-,22+,23+,24+,28-,30-,37+/m0/s1. The average Bonchev–Trinajstić information content (AvgIpc) is 3.98. The number of sulfonamides is 1. The molecule has 1 saturated heterocycles. The van der Waals surface area contributed by atoms with Crippen LogP contribution in [0.15, 0.2) is 36.4 Å². The summed E-state index contributed by atoms with van der Waals surface area (Å²) in [5, 5.41) is 16.7. The van der Waals surface area contributed by atoms with E-state index in [9.17, 15) is 32.7 Å². The molecule has 0 unspecified atom stereocenters. The molecule has 3 fully saturated rings. The number of pyridine rings is 1. The van der Waals surface area contributed by atoms with E-state index >= 15 is 0 Å². The van der Waals surface area contributed by atoms with Crippen molar-refractivity contribution in [2.75, 3.05) is 13.2 Å². The van der Waals surface area contributed by atoms with Gasteiger partial charge in [-0.3, -0.25) is 19.1 Å². The molecule has 6 rings (SSSR count). The Morgan fingerprint density at radius 1 is 1.17 bits per heavy atom. The van der Waals surface area contributed by atoms with E-state index < -0.39 is 74.1 Å². The maximum absolute atomic E-state index is 14.4. The van der Waals surface area contributed by atoms with E-state index in [1.807, 2.05) is 26.0 Å². The van der Waals surface area contributed by atoms with Crippen LogP contribution in [0, 0.1) is 17.8 Å². The molecule has 1 aromatic carbocycles. The lowest BCUT2D eigenvalue weighted by atomic mass is 9.88. The van der Waals surface area contributed by atoms with Gasteiger partial charge in [0.2, 0.25) is 33.6 Å². The lowest BCUT2D eigenvalue weighted by Gasteiger charge is -2.32. The average molecular weight is 774 g/mol. The van der Waals surface area contributed by atoms with E-state index in [4.69, 9.17) is 21.1 Å². The maximum atomic E-state index is 14.4. The number of halogens is 1. The zero-order valence-electron chi connectivity index (χ0n) is 30.4. The topological polar surface area (TPSA) is 193 Å². The van der Waals surface area contributed by atoms with E-state index in [0.717, 1.165) is 12.8 Å². The van der Waals surface area contributed by atoms with Gasteiger partial charge in [-0.15, -0.1) is 0 Å². The highest BCUT2D eigenvalue weighted by molar-refractivity contribution is 7.91. The van der Waals surface area contributed by atoms with Crippen LogP contribution in [0.1, 0.15) is 79.1 Å². The van der Waals surface area contributed by atoms with E-state index in [1.165, 1.54) is 4.90 Å². The number of fused-ring (bicyclic) bond motifs is 3. The van der Waals surface area contributed by atoms with Gasteiger partial charge in [0.05, 0.1) is 17.9 Å². The molecular formula is C37H48ClN5O9S. The number of allylic oxidation sites excluding steroid dienone is 1. The van der Waals surface area contributed by atoms with Crippen LogP contribution in [-0.4, -0.2) is 88.8 Å². The van der Waals surface area contributed by atoms with Crippen molar-refractivity contribution in [1.29, 1.82) is 0 Å². The molecule has 0 radical (unpaired) electrons. The number of carboxylic acid groups (broad SMARTS) is 1. The second-order valence-electron chi connectivity index (χ2n) is 15.3. The summed E-state index contributed by atoms with van der Waals surface area (Å²) >= 11 is 6.55. The van der Waals surface area contributed by atoms with Gasteiger partial charge in [0.15, 0.2) is 0 Å². The summed E-state index contributed by atoms with van der Waals surface area (Å²) in [5.74, 6) is -2.44. The maximum Gasteiger partial charge on any atom is 0.405 e. The number of ether oxygens (including phenoxy) is 2. The van der Waals surface area contributed by atoms with Gasteiger partial charge < -0.3 is 30.1 Å². The molecule has 1 aromatic heterocycles. The smallest absolute Gasteiger partial charge is 0.405 e. The molecule has 4 aliphatic rings. The Labute approximate surface area is 314 Å². The minimum atomic E-state index is -4.01. The second-order valence-corrected chi connectivity index (χ2v) is 17.9. The third kappa shape index (κ3) is 8.06. The molecule has 2 aliphatic carbocycles. The number of hydrogen-bond acceptors (Lipinski definition) is 9. The Kier molecular flexibility index (Phi) is 10.9. The number of nitrogens with zero attached hydrogens (tertiary/aromatic N) is 2. The van der Waals surface area contributed by atoms with E-state index in [0.29, 0.717) is 48.1 Å². The molecule has 288 valence electrons. The molecule has 4 amide bonds. The number of carbonyl (C=O) groups excluding carboxylic acids is 3. The predicted molar refractivity (Wildman–Crippen MR) is 197 cm³/mol. The number of rotatable bonds is 9. The number of amides is 4. The molecule has 2 aromatic rings. The van der Waals surface area contributed by atoms with Crippen molar-refractivity contribution in [1.82, 2.24) is 25.2 Å². The third-order valence-electron chi connectivity index (χ3n) is 11.0. The summed E-state index contributed by atoms with van der Waals surface area (Å²) in [6, 6.07) is 4.61. The molecule has 0 bridgehead atoms. The van der Waals surface area contributed by atoms with E-state index in [1.54, 1.807) is 38.1 Å². The molecule has 2 saturated carbocycles. The predicted octanol–water partition coefficient (Wildman–Crippen LogP) is 4.55. The first kappa shape index (κ1) is 38.6. The summed E-state index contributed by atoms with van der Waals surface area (Å²) in [6.45, 7) is 7.66. The molecule has 14 nitrogen and oxygen atoms in total. The fraction of sp³-hybridized carbons (Fsp3) is 0.595. The van der Waals surface area contributed by atoms with Crippen LogP contribution in [0.5, 0.6) is 11.8 Å². The van der Waals surface area contributed by atoms with Crippen LogP contribution in [-0.2, 0) is 24.4 Å². The van der Waals surface area contributed by atoms with Gasteiger partial charge in [-0.2, -0.15) is 4.98 Å². The van der Waals surface area contributed by atoms with Crippen molar-refractivity contribution >= 4 is 56.2 Å². The fourth-order valence-electron chi connectivity index (χ4n) is 7.44. The molecule has 4 N–H and O–H groups in total. The van der Waals surface area contributed by atoms with Gasteiger partial charge in [0, 0.05) is 34.2 Å². The van der Waals surface area contributed by atoms with Crippen molar-refractivity contribution in [2.45, 2.75) is 108 Å². The lowest BCUT2D eigenvalue weighted by molar-refractivity contribution is -0.142. The SMILES string of the molecule is CCCOc1cc2c(Cl)cccc2c(O[C@@H]2C[C@H]3C(=O)N[C@]4(C(=O)NS(=O)(=O)C5(C)CC5)C[C@H]4/C=C\CC[C@H](C)C[C@@H](C)[C@H](NC(=O)O)C(=O)N3C2)n1. The largest absolute Gasteiger partial charge is 0.478 e. The molecule has 2 aliphatic heterocycles. The Balaban J connectivity index is 1.35. The van der Waals surface area contributed by atoms with Gasteiger partial charge in [-0.25, -0.2) is 13.2 Å². The molecular weight excluding hydrogens is 726 g/mol. The third-order valence-corrected chi connectivity index (χ3v) is 13.5. The molecule has 7 atom stereocenters. The number of benzene rings is 1. The first-order valence-corrected chi connectivity index (χ1v) is 20.2. The van der Waals surface area contributed by atoms with Gasteiger partial charge in [-0.05, 0) is 75.8 Å². The molecule has 16 heteroatoms. The van der Waals surface area contributed by atoms with Crippen LogP contribution in [0.25, 0.3) is 10.8 Å². The van der Waals surface area contributed by atoms with E-state index in [-0.39, 0.29) is 37.1 Å². The minimum absolute atomic E-state index is 0.0273. The quantitative estimate of drug-likeness (QED) is 0.263. The van der Waals surface area contributed by atoms with Gasteiger partial charge in [0.1, 0.15) is 23.7 Å². The summed E-state index contributed by atoms with van der Waals surface area (Å²) in [6.07, 6.45) is 5.22. The second kappa shape index (κ2) is 15.0. The first-order valence-electron chi connectivity index (χ1n) is 18.3. The summed E-state index contributed by atoms with van der Waals surface area (Å²) in [7, 11) is -4.01. The van der Waals surface area contributed by atoms with Crippen molar-refractivity contribution in [3.05, 3.63) is 41.4 Å². The number of nitrogens with one attached hydrogen (secondary N) is 3. The molecule has 3 heterocycles. The van der Waals surface area contributed by atoms with Gasteiger partial charge in [-0.1, -0.05) is 50.6 Å². The van der Waals surface area contributed by atoms with Crippen molar-refractivity contribution in [3.63, 3.8) is 0 Å². The first-order chi connectivity index (χ1) is 25.1. The summed E-state index contributed by atoms with van der Waals surface area (Å²) in [5.41, 5.74) is -1.56. The Bertz CT molecular complexity index is 1920. The summed E-state index contributed by atoms with van der Waals surface area (Å²) in [4.78, 5) is 60.6. The van der Waals surface area contributed by atoms with Gasteiger partial charge in [0.25, 0.3) is 5.91 Å². The van der Waals surface area contributed by atoms with Crippen molar-refractivity contribution < 1.29 is 42.2 Å². The lowest BCUT2D eigenvalue weighted by Crippen LogP contribution is -2.59. The molecule has 0 spiro atoms. The monoisotopic (exact) mass is 773 g/mol. The number of aromatic nitrogens is 1. The van der Waals surface area contributed by atoms with Crippen LogP contribution in [0.4, 0.5) is 4.79 Å². The van der Waals surface area contributed by atoms with Crippen LogP contribution in [0.2, 0.25) is 5.02 Å². The Morgan fingerprint density at radius 2 is 1.92 bits per heavy atom. The van der Waals surface area contributed by atoms with Crippen LogP contribution in [0.3, 0.4) is 0 Å². The highest BCUT2D eigenvalue weighted by atomic mass is 35.5. The zero-order valence-corrected chi connectivity index (χ0v) is 32.0. The highest BCUT2D eigenvalue weighted by Gasteiger charge is 2.63. The van der Waals surface area contributed by atoms with Crippen LogP contribution >= 0.6 is 11.6 Å². The molecule has 53 heavy (non-hydrogen) atoms. The van der Waals surface area contributed by atoms with Crippen LogP contribution < -0.4 is 24.8 Å². The fourth-order valence-corrected chi connectivity index (χ4v) is 8.99. The minimum Gasteiger partial charge on any atom is -0.478 e. The number of carbonyl (C=O) groups is 4. The normalized spacial score (nSPS) is 30.5. The van der Waals surface area contributed by atoms with Crippen molar-refractivity contribution in [2.24, 2.45) is 17.8 Å². The highest BCUT2D eigenvalue weighted by Crippen LogP contribution is 2.47. The Morgan fingerprint density at radius 3 is 2.62 bits per heavy atom. The van der Waals surface area contributed by atoms with Gasteiger partial charge >= 0.3 is 6.09 Å². The Hall–Kier alpha value is -4.11. The summed E-state index contributed by atoms with van der Waals surface area (Å²) < 4.78 is 39.7. The zero-order chi connectivity index (χ0) is 38.3.